The molecule has 1 unspecified atom stereocenters. The van der Waals surface area contributed by atoms with Gasteiger partial charge in [-0.25, -0.2) is 0 Å². The molecular weight excluding hydrogens is 342 g/mol. The molecule has 1 amide bonds. The van der Waals surface area contributed by atoms with E-state index in [0.29, 0.717) is 26.1 Å². The summed E-state index contributed by atoms with van der Waals surface area (Å²) < 4.78 is 17.0. The molecule has 144 valence electrons. The van der Waals surface area contributed by atoms with E-state index in [0.717, 1.165) is 47.0 Å². The van der Waals surface area contributed by atoms with Gasteiger partial charge in [0.25, 0.3) is 0 Å². The van der Waals surface area contributed by atoms with Crippen molar-refractivity contribution >= 4 is 5.91 Å². The van der Waals surface area contributed by atoms with Gasteiger partial charge in [-0.15, -0.1) is 0 Å². The second-order valence-corrected chi connectivity index (χ2v) is 8.38. The molecule has 0 radical (unpaired) electrons. The average Bonchev–Trinajstić information content (AvgIpc) is 2.99. The molecule has 0 saturated carbocycles. The molecule has 1 N–H and O–H groups in total. The zero-order valence-electron chi connectivity index (χ0n) is 16.3. The standard InChI is InChI=1S/C22H27NO4/c1-14-10-16-17(12-22(2,3)13-20(16)27-14)23-21(24)7-5-15-4-6-18-19(11-15)26-9-8-25-18/h4,6,10-11,17H,5,7-9,12-13H2,1-3H3,(H,23,24). The number of hydrogen-bond acceptors (Lipinski definition) is 4. The quantitative estimate of drug-likeness (QED) is 0.881. The fourth-order valence-corrected chi connectivity index (χ4v) is 4.08. The number of amides is 1. The summed E-state index contributed by atoms with van der Waals surface area (Å²) in [5.74, 6) is 3.54. The van der Waals surface area contributed by atoms with E-state index in [2.05, 4.69) is 25.2 Å². The highest BCUT2D eigenvalue weighted by Gasteiger charge is 2.35. The van der Waals surface area contributed by atoms with Gasteiger partial charge in [-0.3, -0.25) is 4.79 Å². The van der Waals surface area contributed by atoms with Gasteiger partial charge in [0.15, 0.2) is 11.5 Å². The van der Waals surface area contributed by atoms with Crippen LogP contribution in [0.25, 0.3) is 0 Å². The van der Waals surface area contributed by atoms with Crippen molar-refractivity contribution in [2.45, 2.75) is 52.5 Å². The first-order chi connectivity index (χ1) is 12.9. The first-order valence-corrected chi connectivity index (χ1v) is 9.67. The van der Waals surface area contributed by atoms with Gasteiger partial charge in [0.2, 0.25) is 5.91 Å². The first kappa shape index (κ1) is 18.0. The van der Waals surface area contributed by atoms with E-state index in [4.69, 9.17) is 13.9 Å². The van der Waals surface area contributed by atoms with Crippen LogP contribution in [0, 0.1) is 12.3 Å². The molecule has 0 fully saturated rings. The summed E-state index contributed by atoms with van der Waals surface area (Å²) in [5.41, 5.74) is 2.34. The summed E-state index contributed by atoms with van der Waals surface area (Å²) in [6.45, 7) is 7.57. The lowest BCUT2D eigenvalue weighted by atomic mass is 9.74. The Morgan fingerprint density at radius 2 is 1.96 bits per heavy atom. The lowest BCUT2D eigenvalue weighted by Gasteiger charge is -2.34. The molecule has 5 heteroatoms. The molecule has 5 nitrogen and oxygen atoms in total. The van der Waals surface area contributed by atoms with Crippen LogP contribution >= 0.6 is 0 Å². The molecule has 1 aromatic heterocycles. The Morgan fingerprint density at radius 1 is 1.19 bits per heavy atom. The van der Waals surface area contributed by atoms with Crippen LogP contribution in [-0.4, -0.2) is 19.1 Å². The molecule has 2 aliphatic rings. The summed E-state index contributed by atoms with van der Waals surface area (Å²) in [6.07, 6.45) is 2.97. The van der Waals surface area contributed by atoms with E-state index in [9.17, 15) is 4.79 Å². The molecule has 2 aromatic rings. The van der Waals surface area contributed by atoms with Gasteiger partial charge in [0, 0.05) is 18.4 Å². The second kappa shape index (κ2) is 6.95. The van der Waals surface area contributed by atoms with Crippen molar-refractivity contribution in [3.05, 3.63) is 46.9 Å². The van der Waals surface area contributed by atoms with Gasteiger partial charge in [-0.2, -0.15) is 0 Å². The summed E-state index contributed by atoms with van der Waals surface area (Å²) in [4.78, 5) is 12.6. The van der Waals surface area contributed by atoms with Crippen LogP contribution in [0.3, 0.4) is 0 Å². The van der Waals surface area contributed by atoms with Crippen molar-refractivity contribution in [2.75, 3.05) is 13.2 Å². The lowest BCUT2D eigenvalue weighted by molar-refractivity contribution is -0.122. The van der Waals surface area contributed by atoms with Crippen LogP contribution in [0.4, 0.5) is 0 Å². The summed E-state index contributed by atoms with van der Waals surface area (Å²) in [5, 5.41) is 3.22. The first-order valence-electron chi connectivity index (χ1n) is 9.67. The Bertz CT molecular complexity index is 852. The molecule has 2 heterocycles. The van der Waals surface area contributed by atoms with Crippen LogP contribution in [0.5, 0.6) is 11.5 Å². The second-order valence-electron chi connectivity index (χ2n) is 8.38. The Hall–Kier alpha value is -2.43. The summed E-state index contributed by atoms with van der Waals surface area (Å²) >= 11 is 0. The Kier molecular flexibility index (Phi) is 4.62. The van der Waals surface area contributed by atoms with E-state index in [1.165, 1.54) is 0 Å². The van der Waals surface area contributed by atoms with E-state index < -0.39 is 0 Å². The number of rotatable bonds is 4. The van der Waals surface area contributed by atoms with E-state index >= 15 is 0 Å². The molecule has 0 saturated heterocycles. The van der Waals surface area contributed by atoms with Gasteiger partial charge in [0.1, 0.15) is 24.7 Å². The SMILES string of the molecule is Cc1cc2c(o1)CC(C)(C)CC2NC(=O)CCc1ccc2c(c1)OCCO2. The minimum Gasteiger partial charge on any atom is -0.486 e. The predicted molar refractivity (Wildman–Crippen MR) is 102 cm³/mol. The van der Waals surface area contributed by atoms with E-state index in [-0.39, 0.29) is 17.4 Å². The highest BCUT2D eigenvalue weighted by Crippen LogP contribution is 2.42. The minimum absolute atomic E-state index is 0.0222. The normalized spacial score (nSPS) is 20.0. The third-order valence-corrected chi connectivity index (χ3v) is 5.32. The molecule has 1 aliphatic carbocycles. The Morgan fingerprint density at radius 3 is 2.78 bits per heavy atom. The molecule has 0 bridgehead atoms. The maximum Gasteiger partial charge on any atom is 0.220 e. The lowest BCUT2D eigenvalue weighted by Crippen LogP contribution is -2.36. The molecule has 27 heavy (non-hydrogen) atoms. The van der Waals surface area contributed by atoms with Crippen LogP contribution in [0.1, 0.15) is 55.4 Å². The largest absolute Gasteiger partial charge is 0.486 e. The van der Waals surface area contributed by atoms with E-state index in [1.54, 1.807) is 0 Å². The van der Waals surface area contributed by atoms with Crippen LogP contribution in [-0.2, 0) is 17.6 Å². The maximum absolute atomic E-state index is 12.6. The van der Waals surface area contributed by atoms with Crippen molar-refractivity contribution in [1.29, 1.82) is 0 Å². The smallest absolute Gasteiger partial charge is 0.220 e. The zero-order valence-corrected chi connectivity index (χ0v) is 16.3. The molecule has 1 aliphatic heterocycles. The number of benzene rings is 1. The van der Waals surface area contributed by atoms with Crippen LogP contribution in [0.2, 0.25) is 0 Å². The third kappa shape index (κ3) is 3.97. The summed E-state index contributed by atoms with van der Waals surface area (Å²) in [7, 11) is 0. The highest BCUT2D eigenvalue weighted by atomic mass is 16.6. The number of hydrogen-bond donors (Lipinski definition) is 1. The predicted octanol–water partition coefficient (Wildman–Crippen LogP) is 4.12. The van der Waals surface area contributed by atoms with Crippen molar-refractivity contribution < 1.29 is 18.7 Å². The molecule has 1 aromatic carbocycles. The van der Waals surface area contributed by atoms with Gasteiger partial charge >= 0.3 is 0 Å². The highest BCUT2D eigenvalue weighted by molar-refractivity contribution is 5.77. The minimum atomic E-state index is 0.0222. The van der Waals surface area contributed by atoms with Crippen molar-refractivity contribution in [1.82, 2.24) is 5.32 Å². The van der Waals surface area contributed by atoms with Crippen molar-refractivity contribution in [3.8, 4) is 11.5 Å². The third-order valence-electron chi connectivity index (χ3n) is 5.32. The number of fused-ring (bicyclic) bond motifs is 2. The number of nitrogens with one attached hydrogen (secondary N) is 1. The fraction of sp³-hybridized carbons (Fsp3) is 0.500. The van der Waals surface area contributed by atoms with Gasteiger partial charge in [0.05, 0.1) is 6.04 Å². The monoisotopic (exact) mass is 369 g/mol. The molecule has 4 rings (SSSR count). The van der Waals surface area contributed by atoms with Gasteiger partial charge in [-0.05, 0) is 48.9 Å². The number of carbonyl (C=O) groups is 1. The van der Waals surface area contributed by atoms with Crippen molar-refractivity contribution in [2.24, 2.45) is 5.41 Å². The van der Waals surface area contributed by atoms with Crippen molar-refractivity contribution in [3.63, 3.8) is 0 Å². The van der Waals surface area contributed by atoms with E-state index in [1.807, 2.05) is 25.1 Å². The molecule has 1 atom stereocenters. The maximum atomic E-state index is 12.6. The average molecular weight is 369 g/mol. The topological polar surface area (TPSA) is 60.7 Å². The number of carbonyl (C=O) groups excluding carboxylic acids is 1. The zero-order chi connectivity index (χ0) is 19.0. The molecule has 0 spiro atoms. The molecular formula is C22H27NO4. The fourth-order valence-electron chi connectivity index (χ4n) is 4.08. The van der Waals surface area contributed by atoms with Crippen LogP contribution < -0.4 is 14.8 Å². The van der Waals surface area contributed by atoms with Crippen LogP contribution in [0.15, 0.2) is 28.7 Å². The van der Waals surface area contributed by atoms with Gasteiger partial charge in [-0.1, -0.05) is 19.9 Å². The number of ether oxygens (including phenoxy) is 2. The Balaban J connectivity index is 1.39. The summed E-state index contributed by atoms with van der Waals surface area (Å²) in [6, 6.07) is 7.99. The Labute approximate surface area is 160 Å². The number of aryl methyl sites for hydroxylation is 2. The number of furan rings is 1. The van der Waals surface area contributed by atoms with Gasteiger partial charge < -0.3 is 19.2 Å².